The highest BCUT2D eigenvalue weighted by atomic mass is 32.2. The number of thioether (sulfide) groups is 1. The van der Waals surface area contributed by atoms with Gasteiger partial charge in [0.05, 0.1) is 18.5 Å². The van der Waals surface area contributed by atoms with Gasteiger partial charge in [0.25, 0.3) is 0 Å². The van der Waals surface area contributed by atoms with Crippen LogP contribution in [0, 0.1) is 0 Å². The summed E-state index contributed by atoms with van der Waals surface area (Å²) in [7, 11) is 1.65. The molecule has 3 aromatic rings. The van der Waals surface area contributed by atoms with Crippen LogP contribution in [-0.2, 0) is 0 Å². The number of hydrogen-bond donors (Lipinski definition) is 1. The van der Waals surface area contributed by atoms with Gasteiger partial charge in [-0.15, -0.1) is 0 Å². The SMILES string of the molecule is COc1ccc(-n2ccnc2S[C@@H]2COc3ccccc3[C@@H]2O)cc1. The van der Waals surface area contributed by atoms with Crippen LogP contribution in [0.1, 0.15) is 11.7 Å². The fourth-order valence-electron chi connectivity index (χ4n) is 2.87. The van der Waals surface area contributed by atoms with Gasteiger partial charge >= 0.3 is 0 Å². The average molecular weight is 354 g/mol. The summed E-state index contributed by atoms with van der Waals surface area (Å²) in [5.41, 5.74) is 1.82. The number of ether oxygens (including phenoxy) is 2. The molecule has 4 rings (SSSR count). The molecule has 0 saturated carbocycles. The van der Waals surface area contributed by atoms with Crippen LogP contribution < -0.4 is 9.47 Å². The third-order valence-electron chi connectivity index (χ3n) is 4.21. The van der Waals surface area contributed by atoms with Gasteiger partial charge in [-0.1, -0.05) is 30.0 Å². The summed E-state index contributed by atoms with van der Waals surface area (Å²) in [6, 6.07) is 15.4. The van der Waals surface area contributed by atoms with Crippen molar-refractivity contribution < 1.29 is 14.6 Å². The lowest BCUT2D eigenvalue weighted by molar-refractivity contribution is 0.122. The number of methoxy groups -OCH3 is 1. The zero-order valence-electron chi connectivity index (χ0n) is 13.7. The summed E-state index contributed by atoms with van der Waals surface area (Å²) in [6.07, 6.45) is 3.08. The van der Waals surface area contributed by atoms with Gasteiger partial charge in [-0.25, -0.2) is 4.98 Å². The first-order chi connectivity index (χ1) is 12.3. The average Bonchev–Trinajstić information content (AvgIpc) is 3.12. The Balaban J connectivity index is 1.57. The van der Waals surface area contributed by atoms with Gasteiger partial charge in [-0.2, -0.15) is 0 Å². The molecule has 0 radical (unpaired) electrons. The lowest BCUT2D eigenvalue weighted by Gasteiger charge is -2.29. The fraction of sp³-hybridized carbons (Fsp3) is 0.211. The maximum atomic E-state index is 10.7. The molecule has 2 atom stereocenters. The second-order valence-corrected chi connectivity index (χ2v) is 6.93. The number of nitrogens with zero attached hydrogens (tertiary/aromatic N) is 2. The van der Waals surface area contributed by atoms with E-state index >= 15 is 0 Å². The van der Waals surface area contributed by atoms with Gasteiger partial charge in [-0.3, -0.25) is 4.57 Å². The Labute approximate surface area is 150 Å². The van der Waals surface area contributed by atoms with Crippen LogP contribution in [0.5, 0.6) is 11.5 Å². The zero-order chi connectivity index (χ0) is 17.2. The molecule has 1 aliphatic heterocycles. The highest BCUT2D eigenvalue weighted by molar-refractivity contribution is 7.99. The first kappa shape index (κ1) is 16.1. The predicted molar refractivity (Wildman–Crippen MR) is 96.7 cm³/mol. The zero-order valence-corrected chi connectivity index (χ0v) is 14.5. The fourth-order valence-corrected chi connectivity index (χ4v) is 3.95. The van der Waals surface area contributed by atoms with E-state index in [1.807, 2.05) is 59.3 Å². The number of benzene rings is 2. The van der Waals surface area contributed by atoms with Crippen LogP contribution in [-0.4, -0.2) is 33.6 Å². The molecule has 0 amide bonds. The van der Waals surface area contributed by atoms with Crippen molar-refractivity contribution in [3.63, 3.8) is 0 Å². The smallest absolute Gasteiger partial charge is 0.173 e. The van der Waals surface area contributed by atoms with Crippen molar-refractivity contribution in [2.24, 2.45) is 0 Å². The molecule has 0 unspecified atom stereocenters. The number of fused-ring (bicyclic) bond motifs is 1. The first-order valence-corrected chi connectivity index (χ1v) is 8.88. The topological polar surface area (TPSA) is 56.5 Å². The van der Waals surface area contributed by atoms with Crippen molar-refractivity contribution in [2.75, 3.05) is 13.7 Å². The second kappa shape index (κ2) is 6.82. The molecule has 1 aromatic heterocycles. The maximum absolute atomic E-state index is 10.7. The van der Waals surface area contributed by atoms with Crippen LogP contribution in [0.15, 0.2) is 66.1 Å². The molecule has 0 aliphatic carbocycles. The summed E-state index contributed by atoms with van der Waals surface area (Å²) >= 11 is 1.52. The molecule has 25 heavy (non-hydrogen) atoms. The minimum atomic E-state index is -0.587. The Hall–Kier alpha value is -2.44. The Kier molecular flexibility index (Phi) is 4.38. The van der Waals surface area contributed by atoms with E-state index in [0.29, 0.717) is 6.61 Å². The Morgan fingerprint density at radius 1 is 1.20 bits per heavy atom. The van der Waals surface area contributed by atoms with Gasteiger partial charge < -0.3 is 14.6 Å². The maximum Gasteiger partial charge on any atom is 0.173 e. The van der Waals surface area contributed by atoms with E-state index in [1.165, 1.54) is 11.8 Å². The first-order valence-electron chi connectivity index (χ1n) is 8.00. The molecule has 0 saturated heterocycles. The van der Waals surface area contributed by atoms with Crippen molar-refractivity contribution in [3.05, 3.63) is 66.5 Å². The van der Waals surface area contributed by atoms with Gasteiger partial charge in [0, 0.05) is 23.6 Å². The summed E-state index contributed by atoms with van der Waals surface area (Å²) < 4.78 is 13.0. The quantitative estimate of drug-likeness (QED) is 0.777. The minimum Gasteiger partial charge on any atom is -0.497 e. The largest absolute Gasteiger partial charge is 0.497 e. The molecule has 0 fully saturated rings. The van der Waals surface area contributed by atoms with Crippen molar-refractivity contribution in [2.45, 2.75) is 16.5 Å². The molecule has 0 spiro atoms. The third-order valence-corrected chi connectivity index (χ3v) is 5.42. The molecule has 2 heterocycles. The highest BCUT2D eigenvalue weighted by Crippen LogP contribution is 2.39. The Morgan fingerprint density at radius 3 is 2.80 bits per heavy atom. The number of para-hydroxylation sites is 1. The molecule has 128 valence electrons. The highest BCUT2D eigenvalue weighted by Gasteiger charge is 2.31. The standard InChI is InChI=1S/C19H18N2O3S/c1-23-14-8-6-13(7-9-14)21-11-10-20-19(21)25-17-12-24-16-5-3-2-4-15(16)18(17)22/h2-11,17-18,22H,12H2,1H3/t17-,18+/m1/s1. The van der Waals surface area contributed by atoms with Gasteiger partial charge in [0.15, 0.2) is 5.16 Å². The molecule has 1 aliphatic rings. The van der Waals surface area contributed by atoms with Crippen molar-refractivity contribution in [3.8, 4) is 17.2 Å². The van der Waals surface area contributed by atoms with E-state index in [1.54, 1.807) is 13.3 Å². The Bertz CT molecular complexity index is 863. The molecular weight excluding hydrogens is 336 g/mol. The number of aliphatic hydroxyl groups excluding tert-OH is 1. The predicted octanol–water partition coefficient (Wildman–Crippen LogP) is 3.47. The lowest BCUT2D eigenvalue weighted by Crippen LogP contribution is -2.28. The van der Waals surface area contributed by atoms with E-state index in [0.717, 1.165) is 27.9 Å². The lowest BCUT2D eigenvalue weighted by atomic mass is 10.0. The molecule has 1 N–H and O–H groups in total. The molecule has 0 bridgehead atoms. The van der Waals surface area contributed by atoms with Crippen molar-refractivity contribution >= 4 is 11.8 Å². The third kappa shape index (κ3) is 3.10. The monoisotopic (exact) mass is 354 g/mol. The second-order valence-electron chi connectivity index (χ2n) is 5.73. The summed E-state index contributed by atoms with van der Waals surface area (Å²) in [5, 5.41) is 11.4. The van der Waals surface area contributed by atoms with E-state index in [4.69, 9.17) is 9.47 Å². The summed E-state index contributed by atoms with van der Waals surface area (Å²) in [4.78, 5) is 4.45. The van der Waals surface area contributed by atoms with Crippen LogP contribution >= 0.6 is 11.8 Å². The summed E-state index contributed by atoms with van der Waals surface area (Å²) in [6.45, 7) is 0.443. The van der Waals surface area contributed by atoms with Gasteiger partial charge in [-0.05, 0) is 30.3 Å². The van der Waals surface area contributed by atoms with Crippen LogP contribution in [0.4, 0.5) is 0 Å². The number of rotatable bonds is 4. The number of imidazole rings is 1. The van der Waals surface area contributed by atoms with E-state index in [-0.39, 0.29) is 5.25 Å². The normalized spacial score (nSPS) is 19.1. The van der Waals surface area contributed by atoms with E-state index < -0.39 is 6.10 Å². The van der Waals surface area contributed by atoms with Crippen LogP contribution in [0.25, 0.3) is 5.69 Å². The van der Waals surface area contributed by atoms with Gasteiger partial charge in [0.2, 0.25) is 0 Å². The molecule has 2 aromatic carbocycles. The molecular formula is C19H18N2O3S. The van der Waals surface area contributed by atoms with Gasteiger partial charge in [0.1, 0.15) is 18.1 Å². The number of hydrogen-bond acceptors (Lipinski definition) is 5. The molecule has 5 nitrogen and oxygen atoms in total. The van der Waals surface area contributed by atoms with E-state index in [2.05, 4.69) is 4.98 Å². The number of aliphatic hydroxyl groups is 1. The number of aromatic nitrogens is 2. The summed E-state index contributed by atoms with van der Waals surface area (Å²) in [5.74, 6) is 1.57. The Morgan fingerprint density at radius 2 is 2.00 bits per heavy atom. The minimum absolute atomic E-state index is 0.116. The van der Waals surface area contributed by atoms with E-state index in [9.17, 15) is 5.11 Å². The van der Waals surface area contributed by atoms with Crippen LogP contribution in [0.3, 0.4) is 0 Å². The van der Waals surface area contributed by atoms with Crippen LogP contribution in [0.2, 0.25) is 0 Å². The molecule has 6 heteroatoms. The van der Waals surface area contributed by atoms with Crippen molar-refractivity contribution in [1.29, 1.82) is 0 Å². The van der Waals surface area contributed by atoms with Crippen molar-refractivity contribution in [1.82, 2.24) is 9.55 Å².